The molecule has 2 heterocycles. The van der Waals surface area contributed by atoms with Crippen molar-refractivity contribution in [3.05, 3.63) is 65.2 Å². The first-order chi connectivity index (χ1) is 16.8. The van der Waals surface area contributed by atoms with Crippen molar-refractivity contribution in [3.8, 4) is 5.75 Å². The van der Waals surface area contributed by atoms with Crippen LogP contribution in [-0.4, -0.2) is 55.0 Å². The minimum atomic E-state index is -0.714. The number of aryl methyl sites for hydroxylation is 1. The van der Waals surface area contributed by atoms with E-state index in [0.29, 0.717) is 25.6 Å². The Morgan fingerprint density at radius 3 is 2.43 bits per heavy atom. The Balaban J connectivity index is 1.47. The summed E-state index contributed by atoms with van der Waals surface area (Å²) < 4.78 is 33.6. The number of fused-ring (bicyclic) bond motifs is 1. The molecule has 1 spiro atoms. The van der Waals surface area contributed by atoms with Crippen LogP contribution in [0.15, 0.2) is 42.5 Å². The van der Waals surface area contributed by atoms with Crippen LogP contribution in [0.3, 0.4) is 0 Å². The topological polar surface area (TPSA) is 32.8 Å². The minimum Gasteiger partial charge on any atom is -0.492 e. The molecular formula is C29H38F2N2O2. The number of nitrogens with zero attached hydrogens (tertiary/aromatic N) is 2. The van der Waals surface area contributed by atoms with Gasteiger partial charge in [0, 0.05) is 44.4 Å². The fourth-order valence-electron chi connectivity index (χ4n) is 5.71. The third-order valence-electron chi connectivity index (χ3n) is 7.44. The first-order valence-electron chi connectivity index (χ1n) is 13.0. The van der Waals surface area contributed by atoms with Crippen LogP contribution in [0.2, 0.25) is 0 Å². The second-order valence-electron chi connectivity index (χ2n) is 10.7. The maximum Gasteiger partial charge on any atom is 0.254 e. The van der Waals surface area contributed by atoms with E-state index >= 15 is 0 Å². The van der Waals surface area contributed by atoms with Crippen LogP contribution in [0.5, 0.6) is 5.75 Å². The Labute approximate surface area is 208 Å². The highest BCUT2D eigenvalue weighted by molar-refractivity contribution is 5.94. The van der Waals surface area contributed by atoms with Gasteiger partial charge in [-0.05, 0) is 67.2 Å². The van der Waals surface area contributed by atoms with E-state index in [4.69, 9.17) is 4.74 Å². The van der Waals surface area contributed by atoms with Gasteiger partial charge in [0.25, 0.3) is 5.91 Å². The zero-order valence-corrected chi connectivity index (χ0v) is 21.1. The number of ether oxygens (including phenoxy) is 1. The molecule has 2 aromatic rings. The number of amides is 1. The molecule has 4 rings (SSSR count). The summed E-state index contributed by atoms with van der Waals surface area (Å²) in [5.74, 6) is -0.149. The largest absolute Gasteiger partial charge is 0.492 e. The van der Waals surface area contributed by atoms with Crippen LogP contribution in [0.25, 0.3) is 0 Å². The molecule has 2 aromatic carbocycles. The summed E-state index contributed by atoms with van der Waals surface area (Å²) in [5.41, 5.74) is 1.51. The summed E-state index contributed by atoms with van der Waals surface area (Å²) in [4.78, 5) is 17.3. The number of carbonyl (C=O) groups excluding carboxylic acids is 1. The molecule has 0 N–H and O–H groups in total. The fraction of sp³-hybridized carbons (Fsp3) is 0.552. The number of carbonyl (C=O) groups is 1. The number of hydrogen-bond donors (Lipinski definition) is 0. The van der Waals surface area contributed by atoms with E-state index in [2.05, 4.69) is 36.9 Å². The van der Waals surface area contributed by atoms with Gasteiger partial charge in [0.05, 0.1) is 0 Å². The van der Waals surface area contributed by atoms with Crippen molar-refractivity contribution in [2.24, 2.45) is 11.3 Å². The van der Waals surface area contributed by atoms with E-state index < -0.39 is 11.6 Å². The molecule has 1 fully saturated rings. The van der Waals surface area contributed by atoms with E-state index in [-0.39, 0.29) is 16.9 Å². The summed E-state index contributed by atoms with van der Waals surface area (Å²) in [6, 6.07) is 11.4. The molecule has 2 aliphatic rings. The Kier molecular flexibility index (Phi) is 8.42. The molecule has 4 nitrogen and oxygen atoms in total. The van der Waals surface area contributed by atoms with E-state index in [0.717, 1.165) is 82.1 Å². The van der Waals surface area contributed by atoms with E-state index in [9.17, 15) is 13.6 Å². The summed E-state index contributed by atoms with van der Waals surface area (Å²) in [7, 11) is 0. The van der Waals surface area contributed by atoms with Crippen molar-refractivity contribution < 1.29 is 18.3 Å². The third-order valence-corrected chi connectivity index (χ3v) is 7.44. The van der Waals surface area contributed by atoms with Crippen molar-refractivity contribution in [2.45, 2.75) is 52.4 Å². The lowest BCUT2D eigenvalue weighted by atomic mass is 9.73. The number of rotatable bonds is 3. The van der Waals surface area contributed by atoms with Gasteiger partial charge in [-0.1, -0.05) is 38.5 Å². The molecule has 6 heteroatoms. The smallest absolute Gasteiger partial charge is 0.254 e. The monoisotopic (exact) mass is 484 g/mol. The molecular weight excluding hydrogens is 446 g/mol. The van der Waals surface area contributed by atoms with Gasteiger partial charge < -0.3 is 9.64 Å². The number of para-hydroxylation sites is 1. The van der Waals surface area contributed by atoms with Gasteiger partial charge in [-0.25, -0.2) is 8.78 Å². The Bertz CT molecular complexity index is 982. The zero-order valence-electron chi connectivity index (χ0n) is 21.1. The number of piperidine rings is 1. The second-order valence-corrected chi connectivity index (χ2v) is 10.7. The number of hydrogen-bond acceptors (Lipinski definition) is 3. The van der Waals surface area contributed by atoms with Crippen molar-refractivity contribution in [3.63, 3.8) is 0 Å². The summed E-state index contributed by atoms with van der Waals surface area (Å²) in [6.07, 6.45) is 6.19. The number of benzene rings is 2. The lowest BCUT2D eigenvalue weighted by Crippen LogP contribution is -2.49. The van der Waals surface area contributed by atoms with Gasteiger partial charge in [0.15, 0.2) is 0 Å². The number of likely N-dealkylation sites (tertiary alicyclic amines) is 1. The van der Waals surface area contributed by atoms with Crippen LogP contribution in [0.1, 0.15) is 61.9 Å². The summed E-state index contributed by atoms with van der Waals surface area (Å²) in [5, 5.41) is 0. The molecule has 0 radical (unpaired) electrons. The van der Waals surface area contributed by atoms with E-state index in [1.165, 1.54) is 5.56 Å². The van der Waals surface area contributed by atoms with Crippen LogP contribution in [0.4, 0.5) is 8.78 Å². The predicted octanol–water partition coefficient (Wildman–Crippen LogP) is 5.95. The van der Waals surface area contributed by atoms with E-state index in [1.54, 1.807) is 4.90 Å². The molecule has 1 saturated heterocycles. The van der Waals surface area contributed by atoms with Crippen molar-refractivity contribution in [1.29, 1.82) is 0 Å². The third kappa shape index (κ3) is 6.81. The molecule has 0 aromatic heterocycles. The van der Waals surface area contributed by atoms with E-state index in [1.807, 2.05) is 6.07 Å². The Morgan fingerprint density at radius 2 is 1.71 bits per heavy atom. The molecule has 2 aliphatic heterocycles. The quantitative estimate of drug-likeness (QED) is 0.540. The van der Waals surface area contributed by atoms with Gasteiger partial charge >= 0.3 is 0 Å². The lowest BCUT2D eigenvalue weighted by molar-refractivity contribution is 0.0354. The normalized spacial score (nSPS) is 19.5. The van der Waals surface area contributed by atoms with Gasteiger partial charge in [-0.2, -0.15) is 0 Å². The Morgan fingerprint density at radius 1 is 1.00 bits per heavy atom. The lowest BCUT2D eigenvalue weighted by Gasteiger charge is -2.45. The van der Waals surface area contributed by atoms with Crippen molar-refractivity contribution >= 4 is 5.91 Å². The molecule has 0 aliphatic carbocycles. The molecule has 0 atom stereocenters. The van der Waals surface area contributed by atoms with Crippen LogP contribution in [-0.2, 0) is 6.42 Å². The van der Waals surface area contributed by atoms with Gasteiger partial charge in [0.1, 0.15) is 24.0 Å². The summed E-state index contributed by atoms with van der Waals surface area (Å²) >= 11 is 0. The molecule has 0 unspecified atom stereocenters. The Hall–Kier alpha value is -2.47. The first kappa shape index (κ1) is 25.6. The highest BCUT2D eigenvalue weighted by atomic mass is 19.1. The van der Waals surface area contributed by atoms with Gasteiger partial charge in [-0.3, -0.25) is 9.69 Å². The van der Waals surface area contributed by atoms with Crippen LogP contribution < -0.4 is 4.74 Å². The molecule has 1 amide bonds. The average molecular weight is 485 g/mol. The summed E-state index contributed by atoms with van der Waals surface area (Å²) in [6.45, 7) is 9.27. The molecule has 190 valence electrons. The maximum absolute atomic E-state index is 13.7. The fourth-order valence-corrected chi connectivity index (χ4v) is 5.71. The average Bonchev–Trinajstić information content (AvgIpc) is 2.81. The van der Waals surface area contributed by atoms with Gasteiger partial charge in [0.2, 0.25) is 0 Å². The van der Waals surface area contributed by atoms with Crippen molar-refractivity contribution in [1.82, 2.24) is 9.80 Å². The molecule has 35 heavy (non-hydrogen) atoms. The van der Waals surface area contributed by atoms with Crippen molar-refractivity contribution in [2.75, 3.05) is 39.3 Å². The molecule has 0 bridgehead atoms. The predicted molar refractivity (Wildman–Crippen MR) is 135 cm³/mol. The molecule has 0 saturated carbocycles. The van der Waals surface area contributed by atoms with Crippen LogP contribution in [0, 0.1) is 23.0 Å². The van der Waals surface area contributed by atoms with Gasteiger partial charge in [-0.15, -0.1) is 0 Å². The maximum atomic E-state index is 13.7. The second kappa shape index (κ2) is 11.5. The minimum absolute atomic E-state index is 0.0920. The van der Waals surface area contributed by atoms with Crippen LogP contribution >= 0.6 is 0 Å². The highest BCUT2D eigenvalue weighted by Crippen LogP contribution is 2.39. The SMILES string of the molecule is CC(C)CN1CCOc2ccccc2CCCCC2(CCN(C(=O)c3cc(F)cc(F)c3)CC2)C1. The zero-order chi connectivity index (χ0) is 24.8. The first-order valence-corrected chi connectivity index (χ1v) is 13.0. The number of halogens is 2. The highest BCUT2D eigenvalue weighted by Gasteiger charge is 2.37. The standard InChI is InChI=1S/C29H38F2N2O2/c1-22(2)20-32-15-16-35-27-9-4-3-7-23(27)8-5-6-10-29(21-32)11-13-33(14-12-29)28(34)24-17-25(30)19-26(31)18-24/h3-4,7,9,17-19,22H,5-6,8,10-16,20-21H2,1-2H3.